The van der Waals surface area contributed by atoms with Gasteiger partial charge in [-0.1, -0.05) is 25.7 Å². The third kappa shape index (κ3) is 4.57. The molecular weight excluding hydrogens is 246 g/mol. The van der Waals surface area contributed by atoms with Crippen LogP contribution in [0.5, 0.6) is 0 Å². The molecule has 1 saturated carbocycles. The fourth-order valence-electron chi connectivity index (χ4n) is 3.43. The van der Waals surface area contributed by atoms with Crippen LogP contribution in [0.2, 0.25) is 0 Å². The van der Waals surface area contributed by atoms with Crippen LogP contribution in [0.25, 0.3) is 0 Å². The summed E-state index contributed by atoms with van der Waals surface area (Å²) in [5, 5.41) is 0. The van der Waals surface area contributed by atoms with Crippen LogP contribution in [-0.4, -0.2) is 36.6 Å². The first-order valence-electron chi connectivity index (χ1n) is 8.02. The summed E-state index contributed by atoms with van der Waals surface area (Å²) in [6, 6.07) is 4.22. The molecule has 3 heteroatoms. The monoisotopic (exact) mass is 275 g/mol. The molecule has 20 heavy (non-hydrogen) atoms. The molecule has 0 saturated heterocycles. The van der Waals surface area contributed by atoms with Crippen LogP contribution in [-0.2, 0) is 6.42 Å². The zero-order valence-electron chi connectivity index (χ0n) is 12.9. The van der Waals surface area contributed by atoms with Crippen LogP contribution < -0.4 is 5.73 Å². The normalized spacial score (nSPS) is 18.9. The van der Waals surface area contributed by atoms with Gasteiger partial charge in [-0.2, -0.15) is 0 Å². The SMILES string of the molecule is CN(CCc1ccncc1)CC1(CN)CCCCCC1. The second-order valence-corrected chi connectivity index (χ2v) is 6.46. The Morgan fingerprint density at radius 2 is 1.80 bits per heavy atom. The molecule has 0 bridgehead atoms. The first kappa shape index (κ1) is 15.5. The van der Waals surface area contributed by atoms with E-state index in [0.29, 0.717) is 5.41 Å². The summed E-state index contributed by atoms with van der Waals surface area (Å²) in [6.45, 7) is 3.09. The molecule has 3 nitrogen and oxygen atoms in total. The van der Waals surface area contributed by atoms with Gasteiger partial charge in [-0.3, -0.25) is 4.98 Å². The molecule has 1 heterocycles. The number of rotatable bonds is 6. The quantitative estimate of drug-likeness (QED) is 0.812. The van der Waals surface area contributed by atoms with Crippen molar-refractivity contribution in [2.45, 2.75) is 44.9 Å². The van der Waals surface area contributed by atoms with Gasteiger partial charge in [0.15, 0.2) is 0 Å². The number of hydrogen-bond acceptors (Lipinski definition) is 3. The van der Waals surface area contributed by atoms with Gasteiger partial charge in [0, 0.05) is 25.5 Å². The maximum Gasteiger partial charge on any atom is 0.0270 e. The van der Waals surface area contributed by atoms with Crippen molar-refractivity contribution in [1.29, 1.82) is 0 Å². The van der Waals surface area contributed by atoms with Crippen molar-refractivity contribution in [2.75, 3.05) is 26.7 Å². The van der Waals surface area contributed by atoms with E-state index in [9.17, 15) is 0 Å². The molecule has 1 aliphatic rings. The minimum Gasteiger partial charge on any atom is -0.330 e. The smallest absolute Gasteiger partial charge is 0.0270 e. The fourth-order valence-corrected chi connectivity index (χ4v) is 3.43. The number of pyridine rings is 1. The fraction of sp³-hybridized carbons (Fsp3) is 0.706. The van der Waals surface area contributed by atoms with Crippen LogP contribution in [0.4, 0.5) is 0 Å². The topological polar surface area (TPSA) is 42.2 Å². The lowest BCUT2D eigenvalue weighted by Crippen LogP contribution is -2.41. The van der Waals surface area contributed by atoms with Gasteiger partial charge in [-0.15, -0.1) is 0 Å². The van der Waals surface area contributed by atoms with E-state index in [-0.39, 0.29) is 0 Å². The molecular formula is C17H29N3. The van der Waals surface area contributed by atoms with E-state index in [1.807, 2.05) is 12.4 Å². The zero-order valence-corrected chi connectivity index (χ0v) is 12.9. The highest BCUT2D eigenvalue weighted by molar-refractivity contribution is 5.09. The molecule has 0 atom stereocenters. The maximum atomic E-state index is 6.13. The van der Waals surface area contributed by atoms with E-state index < -0.39 is 0 Å². The van der Waals surface area contributed by atoms with E-state index >= 15 is 0 Å². The third-order valence-corrected chi connectivity index (χ3v) is 4.73. The van der Waals surface area contributed by atoms with Crippen molar-refractivity contribution in [2.24, 2.45) is 11.1 Å². The van der Waals surface area contributed by atoms with Gasteiger partial charge < -0.3 is 10.6 Å². The van der Waals surface area contributed by atoms with Crippen LogP contribution in [0, 0.1) is 5.41 Å². The van der Waals surface area contributed by atoms with Gasteiger partial charge in [0.25, 0.3) is 0 Å². The van der Waals surface area contributed by atoms with Crippen molar-refractivity contribution < 1.29 is 0 Å². The Morgan fingerprint density at radius 1 is 1.15 bits per heavy atom. The number of likely N-dealkylation sites (N-methyl/N-ethyl adjacent to an activating group) is 1. The molecule has 0 aromatic carbocycles. The van der Waals surface area contributed by atoms with Gasteiger partial charge in [0.05, 0.1) is 0 Å². The predicted molar refractivity (Wildman–Crippen MR) is 84.6 cm³/mol. The third-order valence-electron chi connectivity index (χ3n) is 4.73. The van der Waals surface area contributed by atoms with Crippen molar-refractivity contribution in [1.82, 2.24) is 9.88 Å². The summed E-state index contributed by atoms with van der Waals surface area (Å²) in [5.41, 5.74) is 7.86. The highest BCUT2D eigenvalue weighted by atomic mass is 15.1. The molecule has 2 N–H and O–H groups in total. The number of hydrogen-bond donors (Lipinski definition) is 1. The van der Waals surface area contributed by atoms with E-state index in [2.05, 4.69) is 29.1 Å². The van der Waals surface area contributed by atoms with E-state index in [1.165, 1.54) is 44.1 Å². The Labute approximate surface area is 123 Å². The van der Waals surface area contributed by atoms with Crippen LogP contribution >= 0.6 is 0 Å². The Kier molecular flexibility index (Phi) is 5.99. The lowest BCUT2D eigenvalue weighted by atomic mass is 9.80. The van der Waals surface area contributed by atoms with E-state index in [1.54, 1.807) is 0 Å². The Bertz CT molecular complexity index is 369. The summed E-state index contributed by atoms with van der Waals surface area (Å²) < 4.78 is 0. The van der Waals surface area contributed by atoms with E-state index in [0.717, 1.165) is 26.1 Å². The molecule has 1 fully saturated rings. The van der Waals surface area contributed by atoms with Crippen molar-refractivity contribution >= 4 is 0 Å². The number of nitrogens with two attached hydrogens (primary N) is 1. The van der Waals surface area contributed by atoms with Gasteiger partial charge in [-0.25, -0.2) is 0 Å². The minimum atomic E-state index is 0.365. The summed E-state index contributed by atoms with van der Waals surface area (Å²) in [4.78, 5) is 6.54. The average molecular weight is 275 g/mol. The summed E-state index contributed by atoms with van der Waals surface area (Å²) in [7, 11) is 2.24. The van der Waals surface area contributed by atoms with Crippen molar-refractivity contribution in [3.8, 4) is 0 Å². The van der Waals surface area contributed by atoms with E-state index in [4.69, 9.17) is 5.73 Å². The highest BCUT2D eigenvalue weighted by Gasteiger charge is 2.30. The lowest BCUT2D eigenvalue weighted by Gasteiger charge is -2.35. The molecule has 1 aliphatic carbocycles. The molecule has 2 rings (SSSR count). The van der Waals surface area contributed by atoms with Crippen LogP contribution in [0.1, 0.15) is 44.1 Å². The summed E-state index contributed by atoms with van der Waals surface area (Å²) >= 11 is 0. The van der Waals surface area contributed by atoms with Crippen LogP contribution in [0.3, 0.4) is 0 Å². The lowest BCUT2D eigenvalue weighted by molar-refractivity contribution is 0.158. The number of nitrogens with zero attached hydrogens (tertiary/aromatic N) is 2. The van der Waals surface area contributed by atoms with Gasteiger partial charge in [0.1, 0.15) is 0 Å². The Hall–Kier alpha value is -0.930. The summed E-state index contributed by atoms with van der Waals surface area (Å²) in [6.07, 6.45) is 13.0. The molecule has 0 amide bonds. The van der Waals surface area contributed by atoms with Crippen LogP contribution in [0.15, 0.2) is 24.5 Å². The average Bonchev–Trinajstić information content (AvgIpc) is 2.72. The second kappa shape index (κ2) is 7.75. The van der Waals surface area contributed by atoms with Gasteiger partial charge in [-0.05, 0) is 56.0 Å². The molecule has 0 spiro atoms. The molecule has 1 aromatic heterocycles. The standard InChI is InChI=1S/C17H29N3/c1-20(13-8-16-6-11-19-12-7-16)15-17(14-18)9-4-2-3-5-10-17/h6-7,11-12H,2-5,8-10,13-15,18H2,1H3. The highest BCUT2D eigenvalue weighted by Crippen LogP contribution is 2.34. The largest absolute Gasteiger partial charge is 0.330 e. The molecule has 0 unspecified atom stereocenters. The minimum absolute atomic E-state index is 0.365. The van der Waals surface area contributed by atoms with Gasteiger partial charge >= 0.3 is 0 Å². The first-order chi connectivity index (χ1) is 9.74. The predicted octanol–water partition coefficient (Wildman–Crippen LogP) is 2.86. The molecule has 1 aromatic rings. The molecule has 0 radical (unpaired) electrons. The number of aromatic nitrogens is 1. The van der Waals surface area contributed by atoms with Crippen molar-refractivity contribution in [3.05, 3.63) is 30.1 Å². The zero-order chi connectivity index (χ0) is 14.3. The molecule has 112 valence electrons. The molecule has 0 aliphatic heterocycles. The summed E-state index contributed by atoms with van der Waals surface area (Å²) in [5.74, 6) is 0. The first-order valence-corrected chi connectivity index (χ1v) is 8.02. The maximum absolute atomic E-state index is 6.13. The van der Waals surface area contributed by atoms with Gasteiger partial charge in [0.2, 0.25) is 0 Å². The van der Waals surface area contributed by atoms with Crippen molar-refractivity contribution in [3.63, 3.8) is 0 Å². The Morgan fingerprint density at radius 3 is 2.40 bits per heavy atom. The Balaban J connectivity index is 1.83. The second-order valence-electron chi connectivity index (χ2n) is 6.46.